The first-order valence-electron chi connectivity index (χ1n) is 6.35. The van der Waals surface area contributed by atoms with Gasteiger partial charge in [0.1, 0.15) is 5.75 Å². The highest BCUT2D eigenvalue weighted by Gasteiger charge is 2.16. The number of halogens is 1. The predicted octanol–water partition coefficient (Wildman–Crippen LogP) is 3.14. The van der Waals surface area contributed by atoms with E-state index >= 15 is 0 Å². The molecule has 0 bridgehead atoms. The summed E-state index contributed by atoms with van der Waals surface area (Å²) >= 11 is 3.52. The summed E-state index contributed by atoms with van der Waals surface area (Å²) in [5.74, 6) is 1.53. The molecule has 0 aromatic heterocycles. The van der Waals surface area contributed by atoms with E-state index in [2.05, 4.69) is 40.3 Å². The van der Waals surface area contributed by atoms with Crippen molar-refractivity contribution in [2.45, 2.75) is 19.4 Å². The normalized spacial score (nSPS) is 20.9. The first-order chi connectivity index (χ1) is 8.70. The monoisotopic (exact) mass is 313 g/mol. The Kier molecular flexibility index (Phi) is 5.03. The fourth-order valence-corrected chi connectivity index (χ4v) is 2.72. The van der Waals surface area contributed by atoms with E-state index in [4.69, 9.17) is 9.47 Å². The maximum absolute atomic E-state index is 5.38. The van der Waals surface area contributed by atoms with Gasteiger partial charge in [0.25, 0.3) is 0 Å². The Morgan fingerprint density at radius 1 is 1.56 bits per heavy atom. The third-order valence-electron chi connectivity index (χ3n) is 3.41. The van der Waals surface area contributed by atoms with E-state index in [0.29, 0.717) is 12.0 Å². The van der Waals surface area contributed by atoms with Crippen LogP contribution in [0.3, 0.4) is 0 Å². The van der Waals surface area contributed by atoms with Gasteiger partial charge >= 0.3 is 0 Å². The number of hydrogen-bond donors (Lipinski definition) is 1. The van der Waals surface area contributed by atoms with Gasteiger partial charge < -0.3 is 14.8 Å². The van der Waals surface area contributed by atoms with Crippen LogP contribution in [-0.4, -0.2) is 26.9 Å². The van der Waals surface area contributed by atoms with Crippen LogP contribution in [0.15, 0.2) is 22.7 Å². The van der Waals surface area contributed by atoms with E-state index in [1.165, 1.54) is 12.0 Å². The zero-order chi connectivity index (χ0) is 13.0. The summed E-state index contributed by atoms with van der Waals surface area (Å²) in [4.78, 5) is 0. The van der Waals surface area contributed by atoms with Crippen molar-refractivity contribution >= 4 is 15.9 Å². The smallest absolute Gasteiger partial charge is 0.133 e. The molecule has 1 N–H and O–H groups in total. The van der Waals surface area contributed by atoms with Gasteiger partial charge in [-0.1, -0.05) is 6.07 Å². The van der Waals surface area contributed by atoms with Gasteiger partial charge in [0, 0.05) is 19.2 Å². The molecule has 0 saturated carbocycles. The Morgan fingerprint density at radius 2 is 2.39 bits per heavy atom. The summed E-state index contributed by atoms with van der Waals surface area (Å²) in [5, 5.41) is 3.56. The van der Waals surface area contributed by atoms with Crippen molar-refractivity contribution in [3.05, 3.63) is 28.2 Å². The van der Waals surface area contributed by atoms with Gasteiger partial charge in [-0.2, -0.15) is 0 Å². The van der Waals surface area contributed by atoms with Gasteiger partial charge in [-0.05, 0) is 52.9 Å². The van der Waals surface area contributed by atoms with E-state index in [0.717, 1.165) is 30.0 Å². The molecule has 1 saturated heterocycles. The third-order valence-corrected chi connectivity index (χ3v) is 4.03. The molecular formula is C14H20BrNO2. The molecule has 0 aliphatic carbocycles. The lowest BCUT2D eigenvalue weighted by Crippen LogP contribution is -2.26. The Balaban J connectivity index is 1.91. The molecule has 1 aromatic rings. The first-order valence-corrected chi connectivity index (χ1v) is 7.14. The van der Waals surface area contributed by atoms with Crippen LogP contribution in [0.2, 0.25) is 0 Å². The lowest BCUT2D eigenvalue weighted by Gasteiger charge is -2.17. The standard InChI is InChI=1S/C14H20BrNO2/c1-10(16-8-11-5-6-18-9-11)12-3-4-14(17-2)13(15)7-12/h3-4,7,10-11,16H,5-6,8-9H2,1-2H3. The molecule has 0 amide bonds. The number of methoxy groups -OCH3 is 1. The van der Waals surface area contributed by atoms with Crippen LogP contribution in [0.1, 0.15) is 24.9 Å². The van der Waals surface area contributed by atoms with Crippen LogP contribution in [0.25, 0.3) is 0 Å². The van der Waals surface area contributed by atoms with Gasteiger partial charge in [0.05, 0.1) is 18.2 Å². The van der Waals surface area contributed by atoms with E-state index in [-0.39, 0.29) is 0 Å². The molecule has 1 aliphatic heterocycles. The Labute approximate surface area is 117 Å². The van der Waals surface area contributed by atoms with Crippen molar-refractivity contribution in [3.63, 3.8) is 0 Å². The molecule has 1 fully saturated rings. The maximum atomic E-state index is 5.38. The van der Waals surface area contributed by atoms with E-state index < -0.39 is 0 Å². The summed E-state index contributed by atoms with van der Waals surface area (Å²) in [7, 11) is 1.68. The van der Waals surface area contributed by atoms with Crippen LogP contribution in [0.4, 0.5) is 0 Å². The van der Waals surface area contributed by atoms with Crippen LogP contribution in [0.5, 0.6) is 5.75 Å². The van der Waals surface area contributed by atoms with Crippen LogP contribution >= 0.6 is 15.9 Å². The lowest BCUT2D eigenvalue weighted by molar-refractivity contribution is 0.184. The fraction of sp³-hybridized carbons (Fsp3) is 0.571. The summed E-state index contributed by atoms with van der Waals surface area (Å²) in [5.41, 5.74) is 1.27. The van der Waals surface area contributed by atoms with Gasteiger partial charge in [-0.3, -0.25) is 0 Å². The number of nitrogens with one attached hydrogen (secondary N) is 1. The highest BCUT2D eigenvalue weighted by atomic mass is 79.9. The highest BCUT2D eigenvalue weighted by molar-refractivity contribution is 9.10. The summed E-state index contributed by atoms with van der Waals surface area (Å²) in [6.45, 7) is 5.01. The second kappa shape index (κ2) is 6.55. The number of rotatable bonds is 5. The topological polar surface area (TPSA) is 30.5 Å². The fourth-order valence-electron chi connectivity index (χ4n) is 2.16. The second-order valence-electron chi connectivity index (χ2n) is 4.75. The molecule has 100 valence electrons. The molecule has 18 heavy (non-hydrogen) atoms. The minimum absolute atomic E-state index is 0.341. The van der Waals surface area contributed by atoms with Crippen LogP contribution in [0, 0.1) is 5.92 Å². The van der Waals surface area contributed by atoms with Gasteiger partial charge in [0.2, 0.25) is 0 Å². The molecule has 3 nitrogen and oxygen atoms in total. The Hall–Kier alpha value is -0.580. The molecule has 2 unspecified atom stereocenters. The summed E-state index contributed by atoms with van der Waals surface area (Å²) in [6.07, 6.45) is 1.17. The number of benzene rings is 1. The SMILES string of the molecule is COc1ccc(C(C)NCC2CCOC2)cc1Br. The largest absolute Gasteiger partial charge is 0.496 e. The van der Waals surface area contributed by atoms with Crippen molar-refractivity contribution in [2.24, 2.45) is 5.92 Å². The van der Waals surface area contributed by atoms with Crippen molar-refractivity contribution < 1.29 is 9.47 Å². The molecular weight excluding hydrogens is 294 g/mol. The first kappa shape index (κ1) is 13.8. The van der Waals surface area contributed by atoms with Gasteiger partial charge in [-0.25, -0.2) is 0 Å². The molecule has 1 heterocycles. The average molecular weight is 314 g/mol. The van der Waals surface area contributed by atoms with Crippen molar-refractivity contribution in [1.82, 2.24) is 5.32 Å². The average Bonchev–Trinajstić information content (AvgIpc) is 2.89. The van der Waals surface area contributed by atoms with Crippen LogP contribution < -0.4 is 10.1 Å². The molecule has 1 aliphatic rings. The third kappa shape index (κ3) is 3.46. The van der Waals surface area contributed by atoms with Gasteiger partial charge in [-0.15, -0.1) is 0 Å². The molecule has 0 spiro atoms. The second-order valence-corrected chi connectivity index (χ2v) is 5.61. The molecule has 2 rings (SSSR count). The van der Waals surface area contributed by atoms with E-state index in [9.17, 15) is 0 Å². The summed E-state index contributed by atoms with van der Waals surface area (Å²) in [6, 6.07) is 6.55. The van der Waals surface area contributed by atoms with E-state index in [1.807, 2.05) is 6.07 Å². The van der Waals surface area contributed by atoms with Crippen molar-refractivity contribution in [1.29, 1.82) is 0 Å². The molecule has 1 aromatic carbocycles. The molecule has 4 heteroatoms. The lowest BCUT2D eigenvalue weighted by atomic mass is 10.1. The van der Waals surface area contributed by atoms with Crippen LogP contribution in [-0.2, 0) is 4.74 Å². The van der Waals surface area contributed by atoms with Crippen molar-refractivity contribution in [3.8, 4) is 5.75 Å². The summed E-state index contributed by atoms with van der Waals surface area (Å²) < 4.78 is 11.6. The molecule has 2 atom stereocenters. The van der Waals surface area contributed by atoms with E-state index in [1.54, 1.807) is 7.11 Å². The maximum Gasteiger partial charge on any atom is 0.133 e. The zero-order valence-corrected chi connectivity index (χ0v) is 12.5. The minimum Gasteiger partial charge on any atom is -0.496 e. The van der Waals surface area contributed by atoms with Crippen molar-refractivity contribution in [2.75, 3.05) is 26.9 Å². The Bertz CT molecular complexity index is 391. The quantitative estimate of drug-likeness (QED) is 0.906. The predicted molar refractivity (Wildman–Crippen MR) is 76.0 cm³/mol. The Morgan fingerprint density at radius 3 is 3.00 bits per heavy atom. The minimum atomic E-state index is 0.341. The van der Waals surface area contributed by atoms with Gasteiger partial charge in [0.15, 0.2) is 0 Å². The number of ether oxygens (including phenoxy) is 2. The molecule has 0 radical (unpaired) electrons. The zero-order valence-electron chi connectivity index (χ0n) is 10.9. The number of hydrogen-bond acceptors (Lipinski definition) is 3. The highest BCUT2D eigenvalue weighted by Crippen LogP contribution is 2.28.